The topological polar surface area (TPSA) is 55.6 Å². The van der Waals surface area contributed by atoms with Gasteiger partial charge in [0.05, 0.1) is 5.69 Å². The Morgan fingerprint density at radius 3 is 2.85 bits per heavy atom. The van der Waals surface area contributed by atoms with Crippen LogP contribution in [0.15, 0.2) is 30.6 Å². The van der Waals surface area contributed by atoms with Crippen LogP contribution in [0.1, 0.15) is 6.92 Å². The predicted molar refractivity (Wildman–Crippen MR) is 80.8 cm³/mol. The Morgan fingerprint density at radius 1 is 1.25 bits per heavy atom. The highest BCUT2D eigenvalue weighted by atomic mass is 35.5. The molecule has 0 aliphatic heterocycles. The van der Waals surface area contributed by atoms with E-state index in [-0.39, 0.29) is 5.28 Å². The molecule has 7 heteroatoms. The molecule has 3 aromatic rings. The summed E-state index contributed by atoms with van der Waals surface area (Å²) in [6.07, 6.45) is 1.68. The average Bonchev–Trinajstić information content (AvgIpc) is 2.82. The highest BCUT2D eigenvalue weighted by molar-refractivity contribution is 6.30. The molecule has 20 heavy (non-hydrogen) atoms. The molecule has 102 valence electrons. The molecule has 0 spiro atoms. The molecule has 3 rings (SSSR count). The number of halogens is 2. The third-order valence-electron chi connectivity index (χ3n) is 2.80. The number of rotatable bonds is 3. The van der Waals surface area contributed by atoms with Crippen LogP contribution in [-0.4, -0.2) is 26.1 Å². The molecular formula is C13H11Cl2N5. The molecule has 0 fully saturated rings. The summed E-state index contributed by atoms with van der Waals surface area (Å²) in [5.41, 5.74) is 2.19. The molecule has 0 amide bonds. The van der Waals surface area contributed by atoms with E-state index in [2.05, 4.69) is 20.3 Å². The van der Waals surface area contributed by atoms with Crippen molar-refractivity contribution in [2.75, 3.05) is 11.9 Å². The fraction of sp³-hybridized carbons (Fsp3) is 0.154. The van der Waals surface area contributed by atoms with Gasteiger partial charge in [0.25, 0.3) is 0 Å². The van der Waals surface area contributed by atoms with Gasteiger partial charge in [-0.25, -0.2) is 4.98 Å². The average molecular weight is 308 g/mol. The van der Waals surface area contributed by atoms with Crippen LogP contribution in [0.5, 0.6) is 0 Å². The number of fused-ring (bicyclic) bond motifs is 1. The summed E-state index contributed by atoms with van der Waals surface area (Å²) in [7, 11) is 0. The quantitative estimate of drug-likeness (QED) is 0.752. The van der Waals surface area contributed by atoms with Crippen molar-refractivity contribution in [2.24, 2.45) is 0 Å². The van der Waals surface area contributed by atoms with E-state index in [1.165, 1.54) is 0 Å². The Bertz CT molecular complexity index is 769. The van der Waals surface area contributed by atoms with Crippen molar-refractivity contribution in [1.29, 1.82) is 0 Å². The van der Waals surface area contributed by atoms with Crippen LogP contribution in [0.25, 0.3) is 16.9 Å². The zero-order valence-corrected chi connectivity index (χ0v) is 12.2. The predicted octanol–water partition coefficient (Wildman–Crippen LogP) is 3.55. The number of nitrogens with zero attached hydrogens (tertiary/aromatic N) is 4. The molecule has 2 heterocycles. The number of hydrogen-bond donors (Lipinski definition) is 1. The maximum absolute atomic E-state index is 6.02. The monoisotopic (exact) mass is 307 g/mol. The van der Waals surface area contributed by atoms with Gasteiger partial charge in [-0.2, -0.15) is 9.97 Å². The van der Waals surface area contributed by atoms with Gasteiger partial charge in [-0.1, -0.05) is 17.7 Å². The van der Waals surface area contributed by atoms with Gasteiger partial charge in [0.1, 0.15) is 6.33 Å². The van der Waals surface area contributed by atoms with Crippen molar-refractivity contribution in [3.63, 3.8) is 0 Å². The fourth-order valence-corrected chi connectivity index (χ4v) is 2.33. The van der Waals surface area contributed by atoms with Crippen LogP contribution in [0.2, 0.25) is 10.3 Å². The van der Waals surface area contributed by atoms with Crippen LogP contribution in [-0.2, 0) is 0 Å². The summed E-state index contributed by atoms with van der Waals surface area (Å²) in [6, 6.07) is 7.45. The minimum Gasteiger partial charge on any atom is -0.368 e. The summed E-state index contributed by atoms with van der Waals surface area (Å²) in [6.45, 7) is 2.71. The van der Waals surface area contributed by atoms with E-state index in [0.717, 1.165) is 12.2 Å². The molecule has 2 aromatic heterocycles. The molecular weight excluding hydrogens is 297 g/mol. The van der Waals surface area contributed by atoms with Gasteiger partial charge in [-0.3, -0.25) is 4.57 Å². The van der Waals surface area contributed by atoms with Crippen molar-refractivity contribution in [2.45, 2.75) is 6.92 Å². The van der Waals surface area contributed by atoms with Crippen molar-refractivity contribution in [3.8, 4) is 5.69 Å². The summed E-state index contributed by atoms with van der Waals surface area (Å²) >= 11 is 12.0. The van der Waals surface area contributed by atoms with Gasteiger partial charge in [0.2, 0.25) is 5.28 Å². The van der Waals surface area contributed by atoms with Gasteiger partial charge in [0, 0.05) is 11.6 Å². The van der Waals surface area contributed by atoms with E-state index in [9.17, 15) is 0 Å². The third kappa shape index (κ3) is 2.30. The zero-order valence-electron chi connectivity index (χ0n) is 10.6. The molecule has 0 aliphatic carbocycles. The second-order valence-corrected chi connectivity index (χ2v) is 4.91. The second-order valence-electron chi connectivity index (χ2n) is 4.14. The normalized spacial score (nSPS) is 10.9. The number of nitrogens with one attached hydrogen (secondary N) is 1. The molecule has 1 N–H and O–H groups in total. The first-order valence-corrected chi connectivity index (χ1v) is 6.85. The summed E-state index contributed by atoms with van der Waals surface area (Å²) < 4.78 is 1.83. The van der Waals surface area contributed by atoms with Gasteiger partial charge in [-0.15, -0.1) is 0 Å². The van der Waals surface area contributed by atoms with Crippen molar-refractivity contribution in [1.82, 2.24) is 19.5 Å². The van der Waals surface area contributed by atoms with E-state index in [4.69, 9.17) is 23.2 Å². The highest BCUT2D eigenvalue weighted by Gasteiger charge is 2.13. The highest BCUT2D eigenvalue weighted by Crippen LogP contribution is 2.24. The van der Waals surface area contributed by atoms with Gasteiger partial charge < -0.3 is 5.32 Å². The van der Waals surface area contributed by atoms with Crippen LogP contribution in [0.4, 0.5) is 5.82 Å². The molecule has 0 aliphatic rings. The van der Waals surface area contributed by atoms with Crippen LogP contribution in [0.3, 0.4) is 0 Å². The van der Waals surface area contributed by atoms with E-state index in [1.807, 2.05) is 35.8 Å². The first kappa shape index (κ1) is 13.1. The molecule has 1 aromatic carbocycles. The van der Waals surface area contributed by atoms with Crippen LogP contribution in [0, 0.1) is 0 Å². The number of imidazole rings is 1. The molecule has 0 unspecified atom stereocenters. The minimum absolute atomic E-state index is 0.178. The number of anilines is 1. The SMILES string of the molecule is CCNc1nc(Cl)nc2c1ncn2-c1cccc(Cl)c1. The van der Waals surface area contributed by atoms with Gasteiger partial charge in [0.15, 0.2) is 17.0 Å². The first-order chi connectivity index (χ1) is 9.69. The largest absolute Gasteiger partial charge is 0.368 e. The fourth-order valence-electron chi connectivity index (χ4n) is 1.98. The first-order valence-electron chi connectivity index (χ1n) is 6.09. The zero-order chi connectivity index (χ0) is 14.1. The van der Waals surface area contributed by atoms with E-state index in [0.29, 0.717) is 22.0 Å². The van der Waals surface area contributed by atoms with Crippen molar-refractivity contribution < 1.29 is 0 Å². The molecule has 5 nitrogen and oxygen atoms in total. The van der Waals surface area contributed by atoms with E-state index >= 15 is 0 Å². The van der Waals surface area contributed by atoms with Crippen LogP contribution >= 0.6 is 23.2 Å². The summed E-state index contributed by atoms with van der Waals surface area (Å²) in [5, 5.41) is 3.96. The lowest BCUT2D eigenvalue weighted by atomic mass is 10.3. The maximum atomic E-state index is 6.02. The third-order valence-corrected chi connectivity index (χ3v) is 3.20. The Kier molecular flexibility index (Phi) is 3.46. The summed E-state index contributed by atoms with van der Waals surface area (Å²) in [4.78, 5) is 12.8. The number of hydrogen-bond acceptors (Lipinski definition) is 4. The Morgan fingerprint density at radius 2 is 2.10 bits per heavy atom. The molecule has 0 radical (unpaired) electrons. The van der Waals surface area contributed by atoms with Crippen LogP contribution < -0.4 is 5.32 Å². The molecule has 0 atom stereocenters. The number of benzene rings is 1. The molecule has 0 bridgehead atoms. The van der Waals surface area contributed by atoms with Gasteiger partial charge >= 0.3 is 0 Å². The van der Waals surface area contributed by atoms with Gasteiger partial charge in [-0.05, 0) is 36.7 Å². The van der Waals surface area contributed by atoms with E-state index < -0.39 is 0 Å². The minimum atomic E-state index is 0.178. The molecule has 0 saturated carbocycles. The smallest absolute Gasteiger partial charge is 0.226 e. The van der Waals surface area contributed by atoms with E-state index in [1.54, 1.807) is 6.33 Å². The lowest BCUT2D eigenvalue weighted by molar-refractivity contribution is 1.06. The Labute approximate surface area is 125 Å². The van der Waals surface area contributed by atoms with Crippen molar-refractivity contribution >= 4 is 40.2 Å². The van der Waals surface area contributed by atoms with Crippen molar-refractivity contribution in [3.05, 3.63) is 40.9 Å². The standard InChI is InChI=1S/C13H11Cl2N5/c1-2-16-11-10-12(19-13(15)18-11)20(7-17-10)9-5-3-4-8(14)6-9/h3-7H,2H2,1H3,(H,16,18,19). The lowest BCUT2D eigenvalue weighted by Crippen LogP contribution is -2.02. The Balaban J connectivity index is 2.23. The molecule has 0 saturated heterocycles. The maximum Gasteiger partial charge on any atom is 0.226 e. The lowest BCUT2D eigenvalue weighted by Gasteiger charge is -2.06. The Hall–Kier alpha value is -1.85. The summed E-state index contributed by atoms with van der Waals surface area (Å²) in [5.74, 6) is 0.628. The number of aromatic nitrogens is 4. The second kappa shape index (κ2) is 5.26.